The number of carbonyl (C=O) groups excluding carboxylic acids is 2. The van der Waals surface area contributed by atoms with Crippen molar-refractivity contribution in [3.63, 3.8) is 0 Å². The van der Waals surface area contributed by atoms with Crippen LogP contribution >= 0.6 is 11.8 Å². The number of thioether (sulfide) groups is 1. The number of rotatable bonds is 4. The van der Waals surface area contributed by atoms with Crippen LogP contribution in [0.15, 0.2) is 24.3 Å². The molecule has 2 aliphatic heterocycles. The lowest BCUT2D eigenvalue weighted by Gasteiger charge is -2.30. The summed E-state index contributed by atoms with van der Waals surface area (Å²) in [6.07, 6.45) is 2.04. The average Bonchev–Trinajstić information content (AvgIpc) is 3.43. The summed E-state index contributed by atoms with van der Waals surface area (Å²) in [5.74, 6) is 1.74. The van der Waals surface area contributed by atoms with Crippen LogP contribution in [-0.2, 0) is 20.5 Å². The van der Waals surface area contributed by atoms with Crippen molar-refractivity contribution in [3.05, 3.63) is 41.1 Å². The SMILES string of the molecule is COc1ccccc1[C@@H]1SCC(=O)N(CC(=O)N2CCCC2)c2c1c(C(C)(C)C)nn2C(C)(C)C. The first kappa shape index (κ1) is 25.6. The highest BCUT2D eigenvalue weighted by Crippen LogP contribution is 2.50. The summed E-state index contributed by atoms with van der Waals surface area (Å²) < 4.78 is 7.70. The molecular formula is C27H38N4O3S. The highest BCUT2D eigenvalue weighted by molar-refractivity contribution is 8.00. The zero-order valence-corrected chi connectivity index (χ0v) is 22.9. The largest absolute Gasteiger partial charge is 0.496 e. The Hall–Kier alpha value is -2.48. The standard InChI is InChI=1S/C27H38N4O3S/c1-26(2,3)24-22-23(18-12-8-9-13-19(18)34-7)35-17-21(33)30(16-20(32)29-14-10-11-15-29)25(22)31(28-24)27(4,5)6/h8-9,12-13,23H,10-11,14-17H2,1-7H3/t23-/m0/s1. The number of amides is 2. The lowest BCUT2D eigenvalue weighted by Crippen LogP contribution is -2.44. The molecule has 190 valence electrons. The van der Waals surface area contributed by atoms with E-state index in [0.717, 1.165) is 54.3 Å². The monoisotopic (exact) mass is 498 g/mol. The van der Waals surface area contributed by atoms with Crippen molar-refractivity contribution < 1.29 is 14.3 Å². The molecular weight excluding hydrogens is 460 g/mol. The third-order valence-electron chi connectivity index (χ3n) is 6.61. The van der Waals surface area contributed by atoms with Crippen LogP contribution < -0.4 is 9.64 Å². The van der Waals surface area contributed by atoms with Crippen LogP contribution in [0.25, 0.3) is 0 Å². The van der Waals surface area contributed by atoms with Crippen molar-refractivity contribution in [1.82, 2.24) is 14.7 Å². The average molecular weight is 499 g/mol. The molecule has 7 nitrogen and oxygen atoms in total. The van der Waals surface area contributed by atoms with Gasteiger partial charge < -0.3 is 9.64 Å². The van der Waals surface area contributed by atoms with Crippen LogP contribution in [0.5, 0.6) is 5.75 Å². The zero-order valence-electron chi connectivity index (χ0n) is 22.1. The first-order valence-electron chi connectivity index (χ1n) is 12.4. The van der Waals surface area contributed by atoms with E-state index in [0.29, 0.717) is 0 Å². The topological polar surface area (TPSA) is 67.7 Å². The molecule has 0 unspecified atom stereocenters. The summed E-state index contributed by atoms with van der Waals surface area (Å²) in [6, 6.07) is 7.99. The summed E-state index contributed by atoms with van der Waals surface area (Å²) in [6.45, 7) is 14.3. The summed E-state index contributed by atoms with van der Waals surface area (Å²) in [5.41, 5.74) is 2.31. The van der Waals surface area contributed by atoms with Crippen LogP contribution in [-0.4, -0.2) is 59.0 Å². The van der Waals surface area contributed by atoms with Gasteiger partial charge in [0.25, 0.3) is 0 Å². The van der Waals surface area contributed by atoms with Gasteiger partial charge in [-0.1, -0.05) is 39.0 Å². The number of benzene rings is 1. The number of ether oxygens (including phenoxy) is 1. The lowest BCUT2D eigenvalue weighted by atomic mass is 9.87. The van der Waals surface area contributed by atoms with Gasteiger partial charge in [-0.05, 0) is 39.7 Å². The van der Waals surface area contributed by atoms with Gasteiger partial charge in [0.15, 0.2) is 0 Å². The minimum absolute atomic E-state index is 0.00140. The van der Waals surface area contributed by atoms with E-state index in [-0.39, 0.29) is 40.3 Å². The normalized spacial score (nSPS) is 19.1. The molecule has 8 heteroatoms. The second kappa shape index (κ2) is 9.52. The smallest absolute Gasteiger partial charge is 0.242 e. The molecule has 0 radical (unpaired) electrons. The quantitative estimate of drug-likeness (QED) is 0.609. The van der Waals surface area contributed by atoms with Gasteiger partial charge in [0.1, 0.15) is 18.1 Å². The first-order valence-corrected chi connectivity index (χ1v) is 13.4. The van der Waals surface area contributed by atoms with E-state index >= 15 is 0 Å². The Morgan fingerprint density at radius 1 is 1.11 bits per heavy atom. The Balaban J connectivity index is 1.96. The van der Waals surface area contributed by atoms with Gasteiger partial charge in [-0.2, -0.15) is 5.10 Å². The Kier molecular flexibility index (Phi) is 6.97. The van der Waals surface area contributed by atoms with Crippen molar-refractivity contribution in [3.8, 4) is 5.75 Å². The van der Waals surface area contributed by atoms with Gasteiger partial charge in [0, 0.05) is 29.6 Å². The second-order valence-corrected chi connectivity index (χ2v) is 12.5. The maximum Gasteiger partial charge on any atom is 0.242 e. The van der Waals surface area contributed by atoms with Gasteiger partial charge in [0.05, 0.1) is 29.3 Å². The number of likely N-dealkylation sites (tertiary alicyclic amines) is 1. The molecule has 1 fully saturated rings. The van der Waals surface area contributed by atoms with Gasteiger partial charge in [-0.25, -0.2) is 4.68 Å². The first-order chi connectivity index (χ1) is 16.4. The molecule has 3 heterocycles. The Morgan fingerprint density at radius 3 is 2.37 bits per heavy atom. The van der Waals surface area contributed by atoms with E-state index in [4.69, 9.17) is 9.84 Å². The number of fused-ring (bicyclic) bond motifs is 1. The van der Waals surface area contributed by atoms with Crippen molar-refractivity contribution in [2.45, 2.75) is 70.6 Å². The number of methoxy groups -OCH3 is 1. The predicted octanol–water partition coefficient (Wildman–Crippen LogP) is 4.74. The fourth-order valence-corrected chi connectivity index (χ4v) is 6.09. The van der Waals surface area contributed by atoms with E-state index in [1.54, 1.807) is 23.8 Å². The van der Waals surface area contributed by atoms with Gasteiger partial charge >= 0.3 is 0 Å². The molecule has 2 amide bonds. The predicted molar refractivity (Wildman–Crippen MR) is 141 cm³/mol. The van der Waals surface area contributed by atoms with E-state index < -0.39 is 0 Å². The molecule has 2 aromatic rings. The molecule has 0 aliphatic carbocycles. The van der Waals surface area contributed by atoms with E-state index in [1.807, 2.05) is 27.8 Å². The van der Waals surface area contributed by atoms with Crippen LogP contribution in [0.1, 0.15) is 76.5 Å². The second-order valence-electron chi connectivity index (χ2n) is 11.4. The Labute approximate surface area is 213 Å². The number of hydrogen-bond acceptors (Lipinski definition) is 5. The van der Waals surface area contributed by atoms with Crippen LogP contribution in [0.4, 0.5) is 5.82 Å². The molecule has 1 saturated heterocycles. The third kappa shape index (κ3) is 4.95. The van der Waals surface area contributed by atoms with Crippen LogP contribution in [0.2, 0.25) is 0 Å². The third-order valence-corrected chi connectivity index (χ3v) is 7.84. The number of anilines is 1. The fourth-order valence-electron chi connectivity index (χ4n) is 4.87. The Bertz CT molecular complexity index is 1110. The van der Waals surface area contributed by atoms with Gasteiger partial charge in [-0.3, -0.25) is 14.5 Å². The number of nitrogens with zero attached hydrogens (tertiary/aromatic N) is 4. The van der Waals surface area contributed by atoms with Crippen molar-refractivity contribution in [1.29, 1.82) is 0 Å². The maximum absolute atomic E-state index is 13.7. The molecule has 1 aromatic heterocycles. The highest BCUT2D eigenvalue weighted by atomic mass is 32.2. The number of carbonyl (C=O) groups is 2. The Morgan fingerprint density at radius 2 is 1.77 bits per heavy atom. The molecule has 4 rings (SSSR count). The van der Waals surface area contributed by atoms with E-state index in [9.17, 15) is 9.59 Å². The van der Waals surface area contributed by atoms with E-state index in [1.165, 1.54) is 0 Å². The van der Waals surface area contributed by atoms with Crippen LogP contribution in [0, 0.1) is 0 Å². The molecule has 0 spiro atoms. The molecule has 0 bridgehead atoms. The zero-order chi connectivity index (χ0) is 25.5. The summed E-state index contributed by atoms with van der Waals surface area (Å²) >= 11 is 1.59. The highest BCUT2D eigenvalue weighted by Gasteiger charge is 2.42. The summed E-state index contributed by atoms with van der Waals surface area (Å²) in [4.78, 5) is 30.5. The van der Waals surface area contributed by atoms with Crippen molar-refractivity contribution in [2.24, 2.45) is 0 Å². The molecule has 1 atom stereocenters. The maximum atomic E-state index is 13.7. The molecule has 1 aromatic carbocycles. The van der Waals surface area contributed by atoms with E-state index in [2.05, 4.69) is 47.6 Å². The molecule has 0 N–H and O–H groups in total. The summed E-state index contributed by atoms with van der Waals surface area (Å²) in [7, 11) is 1.68. The van der Waals surface area contributed by atoms with Crippen molar-refractivity contribution >= 4 is 29.4 Å². The number of aromatic nitrogens is 2. The minimum Gasteiger partial charge on any atom is -0.496 e. The van der Waals surface area contributed by atoms with Crippen molar-refractivity contribution in [2.75, 3.05) is 37.4 Å². The molecule has 0 saturated carbocycles. The lowest BCUT2D eigenvalue weighted by molar-refractivity contribution is -0.130. The molecule has 35 heavy (non-hydrogen) atoms. The summed E-state index contributed by atoms with van der Waals surface area (Å²) in [5, 5.41) is 4.99. The number of para-hydroxylation sites is 1. The number of hydrogen-bond donors (Lipinski definition) is 0. The van der Waals surface area contributed by atoms with Gasteiger partial charge in [-0.15, -0.1) is 11.8 Å². The fraction of sp³-hybridized carbons (Fsp3) is 0.593. The van der Waals surface area contributed by atoms with Crippen LogP contribution in [0.3, 0.4) is 0 Å². The molecule has 2 aliphatic rings. The van der Waals surface area contributed by atoms with Gasteiger partial charge in [0.2, 0.25) is 11.8 Å². The minimum atomic E-state index is -0.386.